The summed E-state index contributed by atoms with van der Waals surface area (Å²) in [5.41, 5.74) is 4.07. The number of hydrogen-bond acceptors (Lipinski definition) is 1. The number of hydrogen-bond donors (Lipinski definition) is 1. The average molecular weight is 256 g/mol. The van der Waals surface area contributed by atoms with Gasteiger partial charge in [0.15, 0.2) is 0 Å². The lowest BCUT2D eigenvalue weighted by atomic mass is 9.85. The van der Waals surface area contributed by atoms with Gasteiger partial charge in [-0.1, -0.05) is 48.4 Å². The summed E-state index contributed by atoms with van der Waals surface area (Å²) >= 11 is 0. The predicted molar refractivity (Wildman–Crippen MR) is 81.1 cm³/mol. The minimum absolute atomic E-state index is 0.209. The zero-order valence-corrected chi connectivity index (χ0v) is 11.6. The van der Waals surface area contributed by atoms with E-state index in [1.54, 1.807) is 0 Å². The highest BCUT2D eigenvalue weighted by atomic mass is 16.3. The van der Waals surface area contributed by atoms with E-state index in [1.807, 2.05) is 6.08 Å². The van der Waals surface area contributed by atoms with Gasteiger partial charge >= 0.3 is 0 Å². The fourth-order valence-electron chi connectivity index (χ4n) is 2.91. The third-order valence-electron chi connectivity index (χ3n) is 3.98. The molecule has 1 aliphatic rings. The number of rotatable bonds is 5. The van der Waals surface area contributed by atoms with Crippen LogP contribution >= 0.6 is 0 Å². The van der Waals surface area contributed by atoms with Crippen LogP contribution in [-0.2, 0) is 6.42 Å². The van der Waals surface area contributed by atoms with Crippen molar-refractivity contribution in [2.45, 2.75) is 51.0 Å². The monoisotopic (exact) mass is 256 g/mol. The maximum atomic E-state index is 10.2. The molecule has 0 aliphatic heterocycles. The van der Waals surface area contributed by atoms with Crippen LogP contribution in [0, 0.1) is 0 Å². The summed E-state index contributed by atoms with van der Waals surface area (Å²) in [6, 6.07) is 10.6. The van der Waals surface area contributed by atoms with Gasteiger partial charge in [0.2, 0.25) is 0 Å². The zero-order valence-electron chi connectivity index (χ0n) is 11.6. The fraction of sp³-hybridized carbons (Fsp3) is 0.444. The van der Waals surface area contributed by atoms with E-state index in [4.69, 9.17) is 0 Å². The molecule has 1 heteroatoms. The maximum Gasteiger partial charge on any atom is 0.0752 e. The summed E-state index contributed by atoms with van der Waals surface area (Å²) in [5.74, 6) is 0. The Labute approximate surface area is 116 Å². The molecule has 1 saturated carbocycles. The maximum absolute atomic E-state index is 10.2. The van der Waals surface area contributed by atoms with Gasteiger partial charge in [-0.05, 0) is 49.7 Å². The van der Waals surface area contributed by atoms with E-state index in [9.17, 15) is 5.11 Å². The molecule has 0 amide bonds. The van der Waals surface area contributed by atoms with E-state index in [1.165, 1.54) is 23.1 Å². The number of aliphatic hydroxyl groups is 1. The molecule has 0 heterocycles. The SMILES string of the molecule is C=CC/C(CCc1ccccc1)=C1\CCCCC1O. The molecule has 2 rings (SSSR count). The molecule has 1 aromatic carbocycles. The van der Waals surface area contributed by atoms with E-state index < -0.39 is 0 Å². The average Bonchev–Trinajstić information content (AvgIpc) is 2.45. The molecule has 0 radical (unpaired) electrons. The van der Waals surface area contributed by atoms with Crippen LogP contribution in [0.25, 0.3) is 0 Å². The summed E-state index contributed by atoms with van der Waals surface area (Å²) in [6.07, 6.45) is 9.15. The minimum Gasteiger partial charge on any atom is -0.389 e. The molecular weight excluding hydrogens is 232 g/mol. The standard InChI is InChI=1S/C18H24O/c1-2-8-16(17-11-6-7-12-18(17)19)14-13-15-9-4-3-5-10-15/h2-5,9-10,18-19H,1,6-8,11-14H2/b17-16-. The first-order chi connectivity index (χ1) is 9.31. The molecule has 1 N–H and O–H groups in total. The Morgan fingerprint density at radius 3 is 2.74 bits per heavy atom. The molecule has 1 nitrogen and oxygen atoms in total. The first kappa shape index (κ1) is 14.1. The summed E-state index contributed by atoms with van der Waals surface area (Å²) in [6.45, 7) is 3.86. The van der Waals surface area contributed by atoms with Crippen molar-refractivity contribution in [3.8, 4) is 0 Å². The Kier molecular flexibility index (Phi) is 5.41. The molecule has 1 aromatic rings. The summed E-state index contributed by atoms with van der Waals surface area (Å²) in [7, 11) is 0. The summed E-state index contributed by atoms with van der Waals surface area (Å²) < 4.78 is 0. The van der Waals surface area contributed by atoms with Crippen LogP contribution in [0.3, 0.4) is 0 Å². The van der Waals surface area contributed by atoms with Crippen LogP contribution in [0.2, 0.25) is 0 Å². The van der Waals surface area contributed by atoms with Gasteiger partial charge in [-0.2, -0.15) is 0 Å². The van der Waals surface area contributed by atoms with Gasteiger partial charge in [-0.15, -0.1) is 6.58 Å². The third-order valence-corrected chi connectivity index (χ3v) is 3.98. The second-order valence-corrected chi connectivity index (χ2v) is 5.37. The minimum atomic E-state index is -0.209. The molecule has 0 aromatic heterocycles. The predicted octanol–water partition coefficient (Wildman–Crippen LogP) is 4.43. The lowest BCUT2D eigenvalue weighted by molar-refractivity contribution is 0.176. The molecule has 1 aliphatic carbocycles. The third kappa shape index (κ3) is 4.07. The van der Waals surface area contributed by atoms with E-state index in [0.29, 0.717) is 0 Å². The quantitative estimate of drug-likeness (QED) is 0.773. The molecule has 0 spiro atoms. The van der Waals surface area contributed by atoms with E-state index in [-0.39, 0.29) is 6.10 Å². The highest BCUT2D eigenvalue weighted by molar-refractivity contribution is 5.24. The Morgan fingerprint density at radius 2 is 2.05 bits per heavy atom. The number of aryl methyl sites for hydroxylation is 1. The van der Waals surface area contributed by atoms with Gasteiger partial charge in [0, 0.05) is 0 Å². The Balaban J connectivity index is 2.07. The van der Waals surface area contributed by atoms with Crippen LogP contribution in [-0.4, -0.2) is 11.2 Å². The van der Waals surface area contributed by atoms with Crippen LogP contribution < -0.4 is 0 Å². The van der Waals surface area contributed by atoms with Crippen molar-refractivity contribution >= 4 is 0 Å². The fourth-order valence-corrected chi connectivity index (χ4v) is 2.91. The molecule has 1 fully saturated rings. The highest BCUT2D eigenvalue weighted by Gasteiger charge is 2.19. The molecule has 19 heavy (non-hydrogen) atoms. The zero-order chi connectivity index (χ0) is 13.5. The van der Waals surface area contributed by atoms with Gasteiger partial charge in [0.25, 0.3) is 0 Å². The Hall–Kier alpha value is -1.34. The number of aliphatic hydroxyl groups excluding tert-OH is 1. The van der Waals surface area contributed by atoms with Crippen molar-refractivity contribution in [3.05, 3.63) is 59.7 Å². The molecule has 1 unspecified atom stereocenters. The second-order valence-electron chi connectivity index (χ2n) is 5.37. The van der Waals surface area contributed by atoms with Crippen molar-refractivity contribution < 1.29 is 5.11 Å². The largest absolute Gasteiger partial charge is 0.389 e. The lowest BCUT2D eigenvalue weighted by Gasteiger charge is -2.24. The molecule has 102 valence electrons. The van der Waals surface area contributed by atoms with Crippen LogP contribution in [0.1, 0.15) is 44.1 Å². The van der Waals surface area contributed by atoms with Gasteiger partial charge < -0.3 is 5.11 Å². The Morgan fingerprint density at radius 1 is 1.26 bits per heavy atom. The number of benzene rings is 1. The van der Waals surface area contributed by atoms with Crippen molar-refractivity contribution in [2.75, 3.05) is 0 Å². The van der Waals surface area contributed by atoms with Gasteiger partial charge in [0.1, 0.15) is 0 Å². The summed E-state index contributed by atoms with van der Waals surface area (Å²) in [4.78, 5) is 0. The van der Waals surface area contributed by atoms with Crippen molar-refractivity contribution in [1.82, 2.24) is 0 Å². The van der Waals surface area contributed by atoms with Crippen LogP contribution in [0.15, 0.2) is 54.1 Å². The van der Waals surface area contributed by atoms with E-state index in [2.05, 4.69) is 36.9 Å². The van der Waals surface area contributed by atoms with Crippen LogP contribution in [0.5, 0.6) is 0 Å². The van der Waals surface area contributed by atoms with Crippen molar-refractivity contribution in [1.29, 1.82) is 0 Å². The van der Waals surface area contributed by atoms with E-state index in [0.717, 1.165) is 38.5 Å². The second kappa shape index (κ2) is 7.30. The van der Waals surface area contributed by atoms with Gasteiger partial charge in [0.05, 0.1) is 6.10 Å². The Bertz CT molecular complexity index is 430. The smallest absolute Gasteiger partial charge is 0.0752 e. The topological polar surface area (TPSA) is 20.2 Å². The highest BCUT2D eigenvalue weighted by Crippen LogP contribution is 2.30. The van der Waals surface area contributed by atoms with Crippen molar-refractivity contribution in [2.24, 2.45) is 0 Å². The van der Waals surface area contributed by atoms with Crippen LogP contribution in [0.4, 0.5) is 0 Å². The normalized spacial score (nSPS) is 22.1. The van der Waals surface area contributed by atoms with E-state index >= 15 is 0 Å². The number of allylic oxidation sites excluding steroid dienone is 2. The molecule has 0 bridgehead atoms. The van der Waals surface area contributed by atoms with Gasteiger partial charge in [-0.25, -0.2) is 0 Å². The first-order valence-electron chi connectivity index (χ1n) is 7.35. The first-order valence-corrected chi connectivity index (χ1v) is 7.35. The molecule has 1 atom stereocenters. The van der Waals surface area contributed by atoms with Gasteiger partial charge in [-0.3, -0.25) is 0 Å². The summed E-state index contributed by atoms with van der Waals surface area (Å²) in [5, 5.41) is 10.2. The van der Waals surface area contributed by atoms with Crippen molar-refractivity contribution in [3.63, 3.8) is 0 Å². The lowest BCUT2D eigenvalue weighted by Crippen LogP contribution is -2.17. The molecular formula is C18H24O. The molecule has 0 saturated heterocycles.